The molecule has 3 heterocycles. The fourth-order valence-corrected chi connectivity index (χ4v) is 6.46. The van der Waals surface area contributed by atoms with Crippen molar-refractivity contribution in [2.45, 2.75) is 70.1 Å². The van der Waals surface area contributed by atoms with E-state index in [4.69, 9.17) is 0 Å². The number of piperidine rings is 1. The maximum Gasteiger partial charge on any atom is 0.252 e. The topological polar surface area (TPSA) is 117 Å². The largest absolute Gasteiger partial charge is 0.389 e. The Bertz CT molecular complexity index is 1090. The summed E-state index contributed by atoms with van der Waals surface area (Å²) in [7, 11) is -3.50. The molecule has 0 atom stereocenters. The molecule has 2 aliphatic rings. The lowest BCUT2D eigenvalue weighted by Gasteiger charge is -2.33. The first kappa shape index (κ1) is 22.2. The number of nitrogens with zero attached hydrogens (tertiary/aromatic N) is 4. The van der Waals surface area contributed by atoms with Crippen molar-refractivity contribution in [2.24, 2.45) is 0 Å². The van der Waals surface area contributed by atoms with Crippen LogP contribution in [0, 0.1) is 0 Å². The van der Waals surface area contributed by atoms with Gasteiger partial charge in [-0.3, -0.25) is 9.36 Å². The highest BCUT2D eigenvalue weighted by atomic mass is 32.2. The van der Waals surface area contributed by atoms with Crippen molar-refractivity contribution in [3.63, 3.8) is 0 Å². The predicted molar refractivity (Wildman–Crippen MR) is 120 cm³/mol. The van der Waals surface area contributed by atoms with Crippen LogP contribution < -0.4 is 10.9 Å². The van der Waals surface area contributed by atoms with Crippen LogP contribution in [0.1, 0.15) is 58.4 Å². The highest BCUT2D eigenvalue weighted by Gasteiger charge is 2.32. The quantitative estimate of drug-likeness (QED) is 0.691. The minimum absolute atomic E-state index is 0.0330. The summed E-state index contributed by atoms with van der Waals surface area (Å²) in [6.07, 6.45) is 7.20. The molecule has 0 aromatic carbocycles. The molecule has 2 N–H and O–H groups in total. The average molecular weight is 450 g/mol. The number of nitrogens with one attached hydrogen (secondary N) is 1. The minimum atomic E-state index is -3.50. The van der Waals surface area contributed by atoms with Crippen molar-refractivity contribution < 1.29 is 13.5 Å². The molecule has 31 heavy (non-hydrogen) atoms. The van der Waals surface area contributed by atoms with Crippen LogP contribution in [0.3, 0.4) is 0 Å². The van der Waals surface area contributed by atoms with Crippen molar-refractivity contribution in [3.8, 4) is 0 Å². The van der Waals surface area contributed by atoms with E-state index < -0.39 is 15.6 Å². The number of aliphatic hydroxyl groups is 1. The van der Waals surface area contributed by atoms with E-state index in [2.05, 4.69) is 15.3 Å². The minimum Gasteiger partial charge on any atom is -0.389 e. The van der Waals surface area contributed by atoms with Gasteiger partial charge in [-0.15, -0.1) is 0 Å². The standard InChI is InChI=1S/C21H31N5O4S/c1-21(2,28)14-31(29,30)25-11-9-16(10-12-25)23-20-22-13-15-7-8-18(27)26(19(15)24-20)17-5-3-4-6-17/h7-8,13,16-17,28H,3-6,9-12,14H2,1-2H3,(H,22,23,24). The molecule has 10 heteroatoms. The van der Waals surface area contributed by atoms with Crippen LogP contribution in [0.2, 0.25) is 0 Å². The summed E-state index contributed by atoms with van der Waals surface area (Å²) in [6, 6.07) is 3.57. The average Bonchev–Trinajstić information content (AvgIpc) is 3.20. The zero-order chi connectivity index (χ0) is 22.2. The van der Waals surface area contributed by atoms with Crippen LogP contribution in [0.25, 0.3) is 11.0 Å². The molecule has 2 aromatic rings. The Kier molecular flexibility index (Phi) is 6.06. The fraction of sp³-hybridized carbons (Fsp3) is 0.667. The normalized spacial score (nSPS) is 19.8. The number of hydrogen-bond acceptors (Lipinski definition) is 7. The smallest absolute Gasteiger partial charge is 0.252 e. The summed E-state index contributed by atoms with van der Waals surface area (Å²) < 4.78 is 28.2. The van der Waals surface area contributed by atoms with Crippen molar-refractivity contribution >= 4 is 27.0 Å². The van der Waals surface area contributed by atoms with E-state index in [1.165, 1.54) is 18.2 Å². The second-order valence-electron chi connectivity index (χ2n) is 9.34. The van der Waals surface area contributed by atoms with E-state index in [9.17, 15) is 18.3 Å². The molecule has 0 radical (unpaired) electrons. The fourth-order valence-electron chi connectivity index (χ4n) is 4.62. The van der Waals surface area contributed by atoms with Crippen LogP contribution in [0.5, 0.6) is 0 Å². The molecule has 1 saturated heterocycles. The van der Waals surface area contributed by atoms with Crippen LogP contribution in [-0.2, 0) is 10.0 Å². The van der Waals surface area contributed by atoms with E-state index in [1.807, 2.05) is 0 Å². The summed E-state index contributed by atoms with van der Waals surface area (Å²) in [6.45, 7) is 3.77. The third kappa shape index (κ3) is 5.07. The van der Waals surface area contributed by atoms with Gasteiger partial charge in [-0.05, 0) is 45.6 Å². The molecular weight excluding hydrogens is 418 g/mol. The first-order valence-corrected chi connectivity index (χ1v) is 12.6. The highest BCUT2D eigenvalue weighted by Crippen LogP contribution is 2.30. The van der Waals surface area contributed by atoms with Crippen molar-refractivity contribution in [1.29, 1.82) is 0 Å². The maximum atomic E-state index is 12.6. The summed E-state index contributed by atoms with van der Waals surface area (Å²) in [5, 5.41) is 14.0. The first-order chi connectivity index (χ1) is 14.6. The molecule has 2 aromatic heterocycles. The number of fused-ring (bicyclic) bond motifs is 1. The number of pyridine rings is 1. The van der Waals surface area contributed by atoms with Crippen LogP contribution in [0.15, 0.2) is 23.1 Å². The number of hydrogen-bond donors (Lipinski definition) is 2. The van der Waals surface area contributed by atoms with Crippen molar-refractivity contribution in [1.82, 2.24) is 18.8 Å². The molecule has 4 rings (SSSR count). The molecule has 1 saturated carbocycles. The second-order valence-corrected chi connectivity index (χ2v) is 11.3. The first-order valence-electron chi connectivity index (χ1n) is 11.0. The lowest BCUT2D eigenvalue weighted by Crippen LogP contribution is -2.46. The van der Waals surface area contributed by atoms with Gasteiger partial charge >= 0.3 is 0 Å². The molecule has 0 bridgehead atoms. The van der Waals surface area contributed by atoms with Crippen LogP contribution in [-0.4, -0.2) is 62.8 Å². The number of rotatable bonds is 6. The van der Waals surface area contributed by atoms with Gasteiger partial charge in [0.05, 0.1) is 11.4 Å². The van der Waals surface area contributed by atoms with Crippen molar-refractivity contribution in [2.75, 3.05) is 24.2 Å². The zero-order valence-electron chi connectivity index (χ0n) is 18.1. The molecule has 0 amide bonds. The number of sulfonamides is 1. The van der Waals surface area contributed by atoms with Crippen LogP contribution in [0.4, 0.5) is 5.95 Å². The third-order valence-corrected chi connectivity index (χ3v) is 8.30. The Morgan fingerprint density at radius 1 is 1.16 bits per heavy atom. The molecule has 1 aliphatic carbocycles. The molecule has 1 aliphatic heterocycles. The Morgan fingerprint density at radius 3 is 2.48 bits per heavy atom. The summed E-state index contributed by atoms with van der Waals surface area (Å²) in [4.78, 5) is 21.6. The number of aromatic nitrogens is 3. The van der Waals surface area contributed by atoms with Gasteiger partial charge in [0.15, 0.2) is 0 Å². The summed E-state index contributed by atoms with van der Waals surface area (Å²) >= 11 is 0. The Labute approximate surface area is 182 Å². The SMILES string of the molecule is CC(C)(O)CS(=O)(=O)N1CCC(Nc2ncc3ccc(=O)n(C4CCCC4)c3n2)CC1. The monoisotopic (exact) mass is 449 g/mol. The Morgan fingerprint density at radius 2 is 1.84 bits per heavy atom. The van der Waals surface area contributed by atoms with E-state index in [0.717, 1.165) is 31.1 Å². The highest BCUT2D eigenvalue weighted by molar-refractivity contribution is 7.89. The Balaban J connectivity index is 1.47. The second kappa shape index (κ2) is 8.48. The molecule has 2 fully saturated rings. The van der Waals surface area contributed by atoms with Gasteiger partial charge in [-0.25, -0.2) is 17.7 Å². The molecule has 170 valence electrons. The van der Waals surface area contributed by atoms with Gasteiger partial charge in [-0.1, -0.05) is 12.8 Å². The molecule has 0 spiro atoms. The van der Waals surface area contributed by atoms with Gasteiger partial charge in [0.1, 0.15) is 5.65 Å². The van der Waals surface area contributed by atoms with E-state index in [-0.39, 0.29) is 23.4 Å². The molecule has 9 nitrogen and oxygen atoms in total. The Hall–Kier alpha value is -2.04. The predicted octanol–water partition coefficient (Wildman–Crippen LogP) is 1.88. The van der Waals surface area contributed by atoms with Gasteiger partial charge < -0.3 is 10.4 Å². The third-order valence-electron chi connectivity index (χ3n) is 6.07. The van der Waals surface area contributed by atoms with E-state index in [1.54, 1.807) is 22.9 Å². The molecule has 0 unspecified atom stereocenters. The van der Waals surface area contributed by atoms with E-state index in [0.29, 0.717) is 37.5 Å². The van der Waals surface area contributed by atoms with E-state index >= 15 is 0 Å². The van der Waals surface area contributed by atoms with Crippen molar-refractivity contribution in [3.05, 3.63) is 28.7 Å². The lowest BCUT2D eigenvalue weighted by atomic mass is 10.1. The van der Waals surface area contributed by atoms with Gasteiger partial charge in [-0.2, -0.15) is 4.98 Å². The zero-order valence-corrected chi connectivity index (χ0v) is 18.9. The van der Waals surface area contributed by atoms with Gasteiger partial charge in [0.25, 0.3) is 5.56 Å². The molecular formula is C21H31N5O4S. The van der Waals surface area contributed by atoms with Crippen LogP contribution >= 0.6 is 0 Å². The lowest BCUT2D eigenvalue weighted by molar-refractivity contribution is 0.103. The summed E-state index contributed by atoms with van der Waals surface area (Å²) in [5.74, 6) is 0.174. The summed E-state index contributed by atoms with van der Waals surface area (Å²) in [5.41, 5.74) is -0.640. The number of anilines is 1. The van der Waals surface area contributed by atoms with Gasteiger partial charge in [0, 0.05) is 42.8 Å². The maximum absolute atomic E-state index is 12.6. The van der Waals surface area contributed by atoms with Gasteiger partial charge in [0.2, 0.25) is 16.0 Å².